The number of carbonyl (C=O) groups is 1. The highest BCUT2D eigenvalue weighted by molar-refractivity contribution is 5.85. The number of nitrogens with zero attached hydrogens (tertiary/aromatic N) is 4. The highest BCUT2D eigenvalue weighted by Crippen LogP contribution is 2.27. The van der Waals surface area contributed by atoms with Crippen LogP contribution < -0.4 is 9.47 Å². The van der Waals surface area contributed by atoms with Gasteiger partial charge >= 0.3 is 0 Å². The Morgan fingerprint density at radius 1 is 1.03 bits per heavy atom. The van der Waals surface area contributed by atoms with Crippen molar-refractivity contribution in [3.63, 3.8) is 0 Å². The van der Waals surface area contributed by atoms with Gasteiger partial charge in [-0.2, -0.15) is 0 Å². The fourth-order valence-electron chi connectivity index (χ4n) is 3.59. The van der Waals surface area contributed by atoms with E-state index in [4.69, 9.17) is 14.2 Å². The van der Waals surface area contributed by atoms with Gasteiger partial charge in [-0.25, -0.2) is 9.97 Å². The highest BCUT2D eigenvalue weighted by Gasteiger charge is 2.37. The van der Waals surface area contributed by atoms with E-state index in [9.17, 15) is 4.79 Å². The Hall–Kier alpha value is -3.52. The molecule has 1 saturated heterocycles. The van der Waals surface area contributed by atoms with Gasteiger partial charge in [-0.05, 0) is 44.2 Å². The molecule has 0 saturated carbocycles. The first-order valence-corrected chi connectivity index (χ1v) is 10.4. The quantitative estimate of drug-likeness (QED) is 0.588. The van der Waals surface area contributed by atoms with Gasteiger partial charge in [0.1, 0.15) is 23.9 Å². The number of methoxy groups -OCH3 is 1. The Labute approximate surface area is 187 Å². The zero-order chi connectivity index (χ0) is 22.6. The van der Waals surface area contributed by atoms with Crippen molar-refractivity contribution in [1.82, 2.24) is 19.9 Å². The van der Waals surface area contributed by atoms with E-state index < -0.39 is 5.60 Å². The van der Waals surface area contributed by atoms with Crippen molar-refractivity contribution < 1.29 is 19.0 Å². The van der Waals surface area contributed by atoms with Gasteiger partial charge < -0.3 is 19.1 Å². The molecule has 1 aliphatic rings. The molecule has 166 valence electrons. The van der Waals surface area contributed by atoms with E-state index in [1.807, 2.05) is 12.1 Å². The number of carbonyl (C=O) groups excluding carboxylic acids is 1. The van der Waals surface area contributed by atoms with Crippen LogP contribution in [0.25, 0.3) is 11.1 Å². The van der Waals surface area contributed by atoms with Crippen molar-refractivity contribution in [2.75, 3.05) is 26.8 Å². The fourth-order valence-corrected chi connectivity index (χ4v) is 3.59. The summed E-state index contributed by atoms with van der Waals surface area (Å²) in [6, 6.07) is 11.1. The molecule has 1 aliphatic heterocycles. The summed E-state index contributed by atoms with van der Waals surface area (Å²) in [7, 11) is 1.61. The van der Waals surface area contributed by atoms with E-state index in [1.165, 1.54) is 6.33 Å². The van der Waals surface area contributed by atoms with E-state index in [1.54, 1.807) is 68.7 Å². The van der Waals surface area contributed by atoms with Crippen LogP contribution >= 0.6 is 0 Å². The molecule has 1 fully saturated rings. The molecule has 32 heavy (non-hydrogen) atoms. The molecule has 0 radical (unpaired) electrons. The third-order valence-corrected chi connectivity index (χ3v) is 5.31. The lowest BCUT2D eigenvalue weighted by atomic mass is 10.1. The fraction of sp³-hybridized carbons (Fsp3) is 0.333. The highest BCUT2D eigenvalue weighted by atomic mass is 16.5. The number of morpholine rings is 1. The minimum Gasteiger partial charge on any atom is -0.497 e. The molecule has 0 N–H and O–H groups in total. The SMILES string of the molecule is COc1ccc(OC(C)(C)C(=O)N2CCO[C@@H](c3ccc(-c4cncnc4)cn3)C2)cc1. The van der Waals surface area contributed by atoms with E-state index in [-0.39, 0.29) is 12.0 Å². The summed E-state index contributed by atoms with van der Waals surface area (Å²) in [5.41, 5.74) is 1.57. The predicted molar refractivity (Wildman–Crippen MR) is 118 cm³/mol. The lowest BCUT2D eigenvalue weighted by Gasteiger charge is -2.37. The van der Waals surface area contributed by atoms with Crippen LogP contribution in [0.15, 0.2) is 61.3 Å². The van der Waals surface area contributed by atoms with Crippen LogP contribution in [-0.2, 0) is 9.53 Å². The molecular formula is C24H26N4O4. The van der Waals surface area contributed by atoms with Crippen LogP contribution in [0, 0.1) is 0 Å². The number of ether oxygens (including phenoxy) is 3. The first-order valence-electron chi connectivity index (χ1n) is 10.4. The van der Waals surface area contributed by atoms with E-state index >= 15 is 0 Å². The lowest BCUT2D eigenvalue weighted by Crippen LogP contribution is -2.53. The van der Waals surface area contributed by atoms with Crippen LogP contribution in [0.3, 0.4) is 0 Å². The normalized spacial score (nSPS) is 16.5. The summed E-state index contributed by atoms with van der Waals surface area (Å²) < 4.78 is 17.1. The predicted octanol–water partition coefficient (Wildman–Crippen LogP) is 3.30. The molecule has 0 unspecified atom stereocenters. The number of hydrogen-bond acceptors (Lipinski definition) is 7. The molecule has 0 spiro atoms. The average Bonchev–Trinajstić information content (AvgIpc) is 2.84. The van der Waals surface area contributed by atoms with E-state index in [2.05, 4.69) is 15.0 Å². The number of amides is 1. The van der Waals surface area contributed by atoms with E-state index in [0.29, 0.717) is 25.4 Å². The summed E-state index contributed by atoms with van der Waals surface area (Å²) in [5.74, 6) is 1.24. The van der Waals surface area contributed by atoms with Crippen LogP contribution in [0.1, 0.15) is 25.6 Å². The first-order chi connectivity index (χ1) is 15.5. The van der Waals surface area contributed by atoms with Gasteiger partial charge in [0, 0.05) is 36.3 Å². The van der Waals surface area contributed by atoms with Crippen LogP contribution in [0.5, 0.6) is 11.5 Å². The Kier molecular flexibility index (Phi) is 6.32. The maximum absolute atomic E-state index is 13.2. The largest absolute Gasteiger partial charge is 0.497 e. The smallest absolute Gasteiger partial charge is 0.266 e. The van der Waals surface area contributed by atoms with Gasteiger partial charge in [-0.15, -0.1) is 0 Å². The van der Waals surface area contributed by atoms with Gasteiger partial charge in [0.2, 0.25) is 0 Å². The summed E-state index contributed by atoms with van der Waals surface area (Å²) in [4.78, 5) is 27.7. The molecule has 3 aromatic rings. The Bertz CT molecular complexity index is 1040. The van der Waals surface area contributed by atoms with Gasteiger partial charge in [-0.1, -0.05) is 6.07 Å². The van der Waals surface area contributed by atoms with Crippen LogP contribution in [0.4, 0.5) is 0 Å². The molecule has 1 atom stereocenters. The number of pyridine rings is 1. The third kappa shape index (κ3) is 4.86. The van der Waals surface area contributed by atoms with Crippen LogP contribution in [-0.4, -0.2) is 58.2 Å². The molecule has 4 rings (SSSR count). The monoisotopic (exact) mass is 434 g/mol. The van der Waals surface area contributed by atoms with Gasteiger partial charge in [0.25, 0.3) is 5.91 Å². The standard InChI is InChI=1S/C24H26N4O4/c1-24(2,32-20-7-5-19(30-3)6-8-20)23(29)28-10-11-31-22(15-28)21-9-4-17(14-27-21)18-12-25-16-26-13-18/h4-9,12-14,16,22H,10-11,15H2,1-3H3/t22-/m1/s1. The van der Waals surface area contributed by atoms with Crippen molar-refractivity contribution in [2.45, 2.75) is 25.6 Å². The number of rotatable bonds is 6. The van der Waals surface area contributed by atoms with Gasteiger partial charge in [-0.3, -0.25) is 9.78 Å². The van der Waals surface area contributed by atoms with Crippen molar-refractivity contribution in [2.24, 2.45) is 0 Å². The lowest BCUT2D eigenvalue weighted by molar-refractivity contribution is -0.153. The molecular weight excluding hydrogens is 408 g/mol. The Balaban J connectivity index is 1.42. The zero-order valence-corrected chi connectivity index (χ0v) is 18.4. The van der Waals surface area contributed by atoms with Gasteiger partial charge in [0.15, 0.2) is 5.60 Å². The molecule has 3 heterocycles. The Morgan fingerprint density at radius 3 is 2.41 bits per heavy atom. The summed E-state index contributed by atoms with van der Waals surface area (Å²) in [5, 5.41) is 0. The zero-order valence-electron chi connectivity index (χ0n) is 18.4. The molecule has 1 aromatic carbocycles. The number of benzene rings is 1. The topological polar surface area (TPSA) is 86.7 Å². The third-order valence-electron chi connectivity index (χ3n) is 5.31. The number of hydrogen-bond donors (Lipinski definition) is 0. The van der Waals surface area contributed by atoms with Crippen molar-refractivity contribution in [3.8, 4) is 22.6 Å². The van der Waals surface area contributed by atoms with Crippen molar-refractivity contribution in [1.29, 1.82) is 0 Å². The molecule has 8 nitrogen and oxygen atoms in total. The van der Waals surface area contributed by atoms with Crippen LogP contribution in [0.2, 0.25) is 0 Å². The Morgan fingerprint density at radius 2 is 1.75 bits per heavy atom. The second-order valence-electron chi connectivity index (χ2n) is 8.00. The molecule has 1 amide bonds. The molecule has 0 bridgehead atoms. The summed E-state index contributed by atoms with van der Waals surface area (Å²) in [6.07, 6.45) is 6.45. The van der Waals surface area contributed by atoms with Crippen molar-refractivity contribution in [3.05, 3.63) is 67.0 Å². The summed E-state index contributed by atoms with van der Waals surface area (Å²) in [6.45, 7) is 4.90. The first kappa shape index (κ1) is 21.7. The minimum atomic E-state index is -1.03. The molecule has 0 aliphatic carbocycles. The minimum absolute atomic E-state index is 0.0975. The molecule has 8 heteroatoms. The van der Waals surface area contributed by atoms with Crippen molar-refractivity contribution >= 4 is 5.91 Å². The maximum atomic E-state index is 13.2. The average molecular weight is 434 g/mol. The molecule has 2 aromatic heterocycles. The summed E-state index contributed by atoms with van der Waals surface area (Å²) >= 11 is 0. The second-order valence-corrected chi connectivity index (χ2v) is 8.00. The van der Waals surface area contributed by atoms with E-state index in [0.717, 1.165) is 22.6 Å². The number of aromatic nitrogens is 3. The van der Waals surface area contributed by atoms with Gasteiger partial charge in [0.05, 0.1) is 26.0 Å². The second kappa shape index (κ2) is 9.32. The maximum Gasteiger partial charge on any atom is 0.266 e.